The van der Waals surface area contributed by atoms with Crippen molar-refractivity contribution in [1.82, 2.24) is 0 Å². The summed E-state index contributed by atoms with van der Waals surface area (Å²) in [5, 5.41) is 10.5. The summed E-state index contributed by atoms with van der Waals surface area (Å²) in [4.78, 5) is 29.1. The molecule has 0 amide bonds. The van der Waals surface area contributed by atoms with Crippen LogP contribution in [0, 0.1) is 5.82 Å². The van der Waals surface area contributed by atoms with E-state index in [0.717, 1.165) is 12.1 Å². The number of benzene rings is 2. The highest BCUT2D eigenvalue weighted by molar-refractivity contribution is 6.59. The summed E-state index contributed by atoms with van der Waals surface area (Å²) in [5.41, 5.74) is 0.398. The van der Waals surface area contributed by atoms with Gasteiger partial charge in [-0.15, -0.1) is 0 Å². The second kappa shape index (κ2) is 6.68. The Bertz CT molecular complexity index is 913. The fourth-order valence-electron chi connectivity index (χ4n) is 2.49. The number of aliphatic hydroxyl groups is 1. The van der Waals surface area contributed by atoms with Crippen molar-refractivity contribution < 1.29 is 23.8 Å². The smallest absolute Gasteiger partial charge is 0.344 e. The molecule has 1 aliphatic rings. The molecule has 0 radical (unpaired) electrons. The number of rotatable bonds is 4. The van der Waals surface area contributed by atoms with Gasteiger partial charge in [0.2, 0.25) is 5.78 Å². The van der Waals surface area contributed by atoms with Gasteiger partial charge in [-0.1, -0.05) is 12.1 Å². The van der Waals surface area contributed by atoms with Crippen LogP contribution < -0.4 is 0 Å². The molecule has 0 unspecified atom stereocenters. The normalized spacial score (nSPS) is 13.8. The zero-order valence-corrected chi connectivity index (χ0v) is 13.3. The van der Waals surface area contributed by atoms with E-state index in [9.17, 15) is 19.1 Å². The van der Waals surface area contributed by atoms with Crippen molar-refractivity contribution in [3.05, 3.63) is 71.0 Å². The predicted molar refractivity (Wildman–Crippen MR) is 90.4 cm³/mol. The second-order valence-electron chi connectivity index (χ2n) is 5.26. The van der Waals surface area contributed by atoms with Crippen molar-refractivity contribution in [1.29, 1.82) is 0 Å². The molecule has 1 aliphatic heterocycles. The van der Waals surface area contributed by atoms with Crippen molar-refractivity contribution in [3.8, 4) is 0 Å². The van der Waals surface area contributed by atoms with Crippen LogP contribution in [0.5, 0.6) is 0 Å². The van der Waals surface area contributed by atoms with E-state index in [1.807, 2.05) is 0 Å². The van der Waals surface area contributed by atoms with Crippen LogP contribution in [0.3, 0.4) is 0 Å². The third-order valence-corrected chi connectivity index (χ3v) is 3.67. The number of carbonyl (C=O) groups excluding carboxylic acids is 2. The molecule has 0 aromatic heterocycles. The number of halogens is 1. The van der Waals surface area contributed by atoms with Crippen LogP contribution in [-0.2, 0) is 9.53 Å². The fourth-order valence-corrected chi connectivity index (χ4v) is 2.49. The molecule has 2 aromatic rings. The maximum atomic E-state index is 13.1. The molecule has 1 heterocycles. The van der Waals surface area contributed by atoms with E-state index in [-0.39, 0.29) is 23.5 Å². The van der Waals surface area contributed by atoms with Gasteiger partial charge in [-0.2, -0.15) is 0 Å². The first kappa shape index (κ1) is 16.6. The van der Waals surface area contributed by atoms with E-state index >= 15 is 0 Å². The molecule has 1 N–H and O–H groups in total. The first-order valence-electron chi connectivity index (χ1n) is 7.62. The van der Waals surface area contributed by atoms with Gasteiger partial charge < -0.3 is 9.84 Å². The first-order valence-corrected chi connectivity index (χ1v) is 7.62. The lowest BCUT2D eigenvalue weighted by Crippen LogP contribution is -2.22. The number of Topliss-reactive ketones (excluding diaryl/α,β-unsaturated/α-hetero) is 1. The van der Waals surface area contributed by atoms with Gasteiger partial charge in [-0.3, -0.25) is 4.79 Å². The Morgan fingerprint density at radius 3 is 2.48 bits per heavy atom. The summed E-state index contributed by atoms with van der Waals surface area (Å²) in [7, 11) is 0. The van der Waals surface area contributed by atoms with E-state index in [1.54, 1.807) is 31.2 Å². The highest BCUT2D eigenvalue weighted by Gasteiger charge is 2.34. The van der Waals surface area contributed by atoms with E-state index in [4.69, 9.17) is 4.74 Å². The van der Waals surface area contributed by atoms with Gasteiger partial charge in [0.25, 0.3) is 0 Å². The van der Waals surface area contributed by atoms with Gasteiger partial charge >= 0.3 is 5.97 Å². The Hall–Kier alpha value is -3.28. The number of nitrogens with zero attached hydrogens (tertiary/aromatic N) is 1. The SMILES string of the molecule is CCOC(=O)/C(C1=Nc2ccccc2C1=O)=C(/O)c1ccc(F)cc1. The average Bonchev–Trinajstić information content (AvgIpc) is 2.93. The quantitative estimate of drug-likeness (QED) is 0.524. The van der Waals surface area contributed by atoms with Crippen LogP contribution >= 0.6 is 0 Å². The van der Waals surface area contributed by atoms with E-state index in [1.165, 1.54) is 12.1 Å². The lowest BCUT2D eigenvalue weighted by atomic mass is 9.99. The minimum Gasteiger partial charge on any atom is -0.506 e. The molecule has 25 heavy (non-hydrogen) atoms. The lowest BCUT2D eigenvalue weighted by Gasteiger charge is -2.10. The molecular weight excluding hydrogens is 325 g/mol. The standard InChI is InChI=1S/C19H14FNO4/c1-2-25-19(24)15(17(22)11-7-9-12(20)10-8-11)16-18(23)13-5-3-4-6-14(13)21-16/h3-10,22H,2H2,1H3/b17-15+. The average molecular weight is 339 g/mol. The summed E-state index contributed by atoms with van der Waals surface area (Å²) >= 11 is 0. The predicted octanol–water partition coefficient (Wildman–Crippen LogP) is 3.63. The Kier molecular flexibility index (Phi) is 4.43. The molecule has 2 aromatic carbocycles. The van der Waals surface area contributed by atoms with E-state index in [0.29, 0.717) is 11.3 Å². The number of carbonyl (C=O) groups is 2. The summed E-state index contributed by atoms with van der Waals surface area (Å²) in [6, 6.07) is 11.5. The molecule has 0 bridgehead atoms. The molecular formula is C19H14FNO4. The molecule has 3 rings (SSSR count). The summed E-state index contributed by atoms with van der Waals surface area (Å²) in [6.07, 6.45) is 0. The van der Waals surface area contributed by atoms with Crippen LogP contribution in [0.2, 0.25) is 0 Å². The van der Waals surface area contributed by atoms with Gasteiger partial charge in [-0.25, -0.2) is 14.2 Å². The van der Waals surface area contributed by atoms with Crippen molar-refractivity contribution in [2.75, 3.05) is 6.61 Å². The van der Waals surface area contributed by atoms with Gasteiger partial charge in [0.05, 0.1) is 12.3 Å². The number of para-hydroxylation sites is 1. The highest BCUT2D eigenvalue weighted by atomic mass is 19.1. The number of ether oxygens (including phenoxy) is 1. The Morgan fingerprint density at radius 2 is 1.84 bits per heavy atom. The molecule has 0 spiro atoms. The van der Waals surface area contributed by atoms with Crippen LogP contribution in [-0.4, -0.2) is 29.2 Å². The van der Waals surface area contributed by atoms with Crippen molar-refractivity contribution in [2.45, 2.75) is 6.92 Å². The Balaban J connectivity index is 2.14. The molecule has 0 aliphatic carbocycles. The molecule has 0 saturated heterocycles. The summed E-state index contributed by atoms with van der Waals surface area (Å²) < 4.78 is 18.1. The van der Waals surface area contributed by atoms with Crippen LogP contribution in [0.15, 0.2) is 59.1 Å². The molecule has 5 nitrogen and oxygen atoms in total. The zero-order chi connectivity index (χ0) is 18.0. The van der Waals surface area contributed by atoms with Crippen molar-refractivity contribution in [3.63, 3.8) is 0 Å². The highest BCUT2D eigenvalue weighted by Crippen LogP contribution is 2.31. The molecule has 0 saturated carbocycles. The van der Waals surface area contributed by atoms with Crippen LogP contribution in [0.4, 0.5) is 10.1 Å². The third-order valence-electron chi connectivity index (χ3n) is 3.67. The first-order chi connectivity index (χ1) is 12.0. The van der Waals surface area contributed by atoms with Crippen LogP contribution in [0.25, 0.3) is 5.76 Å². The molecule has 6 heteroatoms. The van der Waals surface area contributed by atoms with Gasteiger partial charge in [0, 0.05) is 11.1 Å². The van der Waals surface area contributed by atoms with Crippen LogP contribution in [0.1, 0.15) is 22.8 Å². The number of hydrogen-bond donors (Lipinski definition) is 1. The third kappa shape index (κ3) is 3.06. The Labute approximate surface area is 143 Å². The largest absolute Gasteiger partial charge is 0.506 e. The number of esters is 1. The van der Waals surface area contributed by atoms with Crippen molar-refractivity contribution >= 4 is 28.9 Å². The monoisotopic (exact) mass is 339 g/mol. The molecule has 0 atom stereocenters. The Morgan fingerprint density at radius 1 is 1.16 bits per heavy atom. The topological polar surface area (TPSA) is 76.0 Å². The molecule has 126 valence electrons. The van der Waals surface area contributed by atoms with E-state index in [2.05, 4.69) is 4.99 Å². The van der Waals surface area contributed by atoms with E-state index < -0.39 is 23.3 Å². The number of ketones is 1. The zero-order valence-electron chi connectivity index (χ0n) is 13.3. The van der Waals surface area contributed by atoms with Crippen molar-refractivity contribution in [2.24, 2.45) is 4.99 Å². The number of fused-ring (bicyclic) bond motifs is 1. The van der Waals surface area contributed by atoms with Gasteiger partial charge in [0.1, 0.15) is 22.9 Å². The van der Waals surface area contributed by atoms with Gasteiger partial charge in [0.15, 0.2) is 0 Å². The summed E-state index contributed by atoms with van der Waals surface area (Å²) in [5.74, 6) is -2.33. The minimum atomic E-state index is -0.871. The lowest BCUT2D eigenvalue weighted by molar-refractivity contribution is -0.137. The summed E-state index contributed by atoms with van der Waals surface area (Å²) in [6.45, 7) is 1.67. The number of hydrogen-bond acceptors (Lipinski definition) is 5. The maximum absolute atomic E-state index is 13.1. The fraction of sp³-hybridized carbons (Fsp3) is 0.105. The second-order valence-corrected chi connectivity index (χ2v) is 5.26. The molecule has 0 fully saturated rings. The maximum Gasteiger partial charge on any atom is 0.344 e. The number of aliphatic hydroxyl groups excluding tert-OH is 1. The van der Waals surface area contributed by atoms with Gasteiger partial charge in [-0.05, 0) is 43.3 Å². The minimum absolute atomic E-state index is 0.0629. The number of aliphatic imine (C=N–C) groups is 1.